The van der Waals surface area contributed by atoms with Crippen molar-refractivity contribution in [3.05, 3.63) is 64.7 Å². The second kappa shape index (κ2) is 6.54. The minimum atomic E-state index is -0.849. The van der Waals surface area contributed by atoms with Crippen molar-refractivity contribution in [2.24, 2.45) is 0 Å². The molecule has 6 heteroatoms. The van der Waals surface area contributed by atoms with E-state index in [1.54, 1.807) is 24.3 Å². The number of anilines is 1. The predicted molar refractivity (Wildman–Crippen MR) is 99.0 cm³/mol. The highest BCUT2D eigenvalue weighted by Gasteiger charge is 2.46. The number of ether oxygens (including phenoxy) is 1. The molecule has 2 amide bonds. The quantitative estimate of drug-likeness (QED) is 0.849. The number of nitrogens with zero attached hydrogens (tertiary/aromatic N) is 1. The second-order valence-corrected chi connectivity index (χ2v) is 7.01. The molecule has 0 spiro atoms. The summed E-state index contributed by atoms with van der Waals surface area (Å²) < 4.78 is 5.45. The van der Waals surface area contributed by atoms with E-state index < -0.39 is 18.2 Å². The Balaban J connectivity index is 1.62. The first-order valence-corrected chi connectivity index (χ1v) is 8.95. The third-order valence-corrected chi connectivity index (χ3v) is 5.13. The molecule has 1 N–H and O–H groups in total. The van der Waals surface area contributed by atoms with Crippen molar-refractivity contribution in [1.82, 2.24) is 4.90 Å². The average molecular weight is 364 g/mol. The van der Waals surface area contributed by atoms with Crippen LogP contribution in [0.25, 0.3) is 0 Å². The molecule has 2 aromatic rings. The summed E-state index contributed by atoms with van der Waals surface area (Å²) in [6.45, 7) is 3.87. The Hall–Kier alpha value is -3.15. The van der Waals surface area contributed by atoms with Gasteiger partial charge in [-0.15, -0.1) is 0 Å². The van der Waals surface area contributed by atoms with E-state index in [0.717, 1.165) is 16.8 Å². The number of likely N-dealkylation sites (tertiary alicyclic amines) is 1. The van der Waals surface area contributed by atoms with Gasteiger partial charge in [-0.3, -0.25) is 14.5 Å². The fraction of sp³-hybridized carbons (Fsp3) is 0.286. The highest BCUT2D eigenvalue weighted by molar-refractivity contribution is 6.00. The van der Waals surface area contributed by atoms with E-state index in [4.69, 9.17) is 4.74 Å². The van der Waals surface area contributed by atoms with Crippen LogP contribution in [0, 0.1) is 13.8 Å². The van der Waals surface area contributed by atoms with Crippen LogP contribution >= 0.6 is 0 Å². The molecular formula is C21H20N2O4. The Labute approximate surface area is 157 Å². The zero-order chi connectivity index (χ0) is 19.1. The van der Waals surface area contributed by atoms with E-state index in [1.165, 1.54) is 4.90 Å². The summed E-state index contributed by atoms with van der Waals surface area (Å²) in [5.74, 6) is -0.926. The van der Waals surface area contributed by atoms with Crippen molar-refractivity contribution in [3.8, 4) is 0 Å². The lowest BCUT2D eigenvalue weighted by Gasteiger charge is -2.29. The molecule has 0 saturated carbocycles. The SMILES string of the molecule is Cc1ccc(C)c(NC(=O)[C@@H]2CCC(=O)N2[C@H]2OC(=O)c3ccccc32)c1. The summed E-state index contributed by atoms with van der Waals surface area (Å²) in [5, 5.41) is 2.93. The van der Waals surface area contributed by atoms with E-state index in [9.17, 15) is 14.4 Å². The van der Waals surface area contributed by atoms with Gasteiger partial charge < -0.3 is 10.1 Å². The minimum absolute atomic E-state index is 0.189. The normalized spacial score (nSPS) is 21.2. The smallest absolute Gasteiger partial charge is 0.340 e. The van der Waals surface area contributed by atoms with Crippen molar-refractivity contribution in [3.63, 3.8) is 0 Å². The molecule has 2 heterocycles. The van der Waals surface area contributed by atoms with Crippen molar-refractivity contribution >= 4 is 23.5 Å². The maximum absolute atomic E-state index is 12.9. The molecule has 27 heavy (non-hydrogen) atoms. The highest BCUT2D eigenvalue weighted by Crippen LogP contribution is 2.38. The predicted octanol–water partition coefficient (Wildman–Crippen LogP) is 3.10. The van der Waals surface area contributed by atoms with Gasteiger partial charge in [-0.25, -0.2) is 4.79 Å². The van der Waals surface area contributed by atoms with Crippen molar-refractivity contribution in [1.29, 1.82) is 0 Å². The number of esters is 1. The van der Waals surface area contributed by atoms with Gasteiger partial charge in [-0.2, -0.15) is 0 Å². The van der Waals surface area contributed by atoms with Gasteiger partial charge in [0.25, 0.3) is 0 Å². The molecule has 1 fully saturated rings. The van der Waals surface area contributed by atoms with Gasteiger partial charge in [0.2, 0.25) is 18.0 Å². The number of rotatable bonds is 3. The second-order valence-electron chi connectivity index (χ2n) is 7.01. The van der Waals surface area contributed by atoms with Crippen molar-refractivity contribution in [2.45, 2.75) is 39.0 Å². The number of fused-ring (bicyclic) bond motifs is 1. The first-order chi connectivity index (χ1) is 13.0. The molecule has 2 aromatic carbocycles. The van der Waals surface area contributed by atoms with E-state index in [-0.39, 0.29) is 18.2 Å². The molecule has 0 bridgehead atoms. The summed E-state index contributed by atoms with van der Waals surface area (Å²) in [4.78, 5) is 39.0. The van der Waals surface area contributed by atoms with Gasteiger partial charge in [0, 0.05) is 17.7 Å². The van der Waals surface area contributed by atoms with Crippen LogP contribution in [0.1, 0.15) is 46.1 Å². The number of hydrogen-bond acceptors (Lipinski definition) is 4. The molecular weight excluding hydrogens is 344 g/mol. The Morgan fingerprint density at radius 1 is 1.15 bits per heavy atom. The van der Waals surface area contributed by atoms with Crippen LogP contribution in [0.3, 0.4) is 0 Å². The Morgan fingerprint density at radius 3 is 2.74 bits per heavy atom. The van der Waals surface area contributed by atoms with Crippen LogP contribution in [0.15, 0.2) is 42.5 Å². The molecule has 0 aliphatic carbocycles. The lowest BCUT2D eigenvalue weighted by molar-refractivity contribution is -0.144. The summed E-state index contributed by atoms with van der Waals surface area (Å²) >= 11 is 0. The van der Waals surface area contributed by atoms with Gasteiger partial charge in [-0.05, 0) is 43.5 Å². The molecule has 138 valence electrons. The summed E-state index contributed by atoms with van der Waals surface area (Å²) in [5.41, 5.74) is 3.78. The van der Waals surface area contributed by atoms with Crippen LogP contribution in [-0.4, -0.2) is 28.7 Å². The number of amides is 2. The lowest BCUT2D eigenvalue weighted by atomic mass is 10.1. The third kappa shape index (κ3) is 2.97. The summed E-state index contributed by atoms with van der Waals surface area (Å²) in [6, 6.07) is 12.1. The van der Waals surface area contributed by atoms with Crippen LogP contribution in [-0.2, 0) is 14.3 Å². The molecule has 4 rings (SSSR count). The maximum atomic E-state index is 12.9. The van der Waals surface area contributed by atoms with Crippen molar-refractivity contribution < 1.29 is 19.1 Å². The maximum Gasteiger partial charge on any atom is 0.340 e. The van der Waals surface area contributed by atoms with Gasteiger partial charge in [0.15, 0.2) is 0 Å². The van der Waals surface area contributed by atoms with Crippen molar-refractivity contribution in [2.75, 3.05) is 5.32 Å². The third-order valence-electron chi connectivity index (χ3n) is 5.13. The van der Waals surface area contributed by atoms with E-state index in [1.807, 2.05) is 32.0 Å². The first-order valence-electron chi connectivity index (χ1n) is 8.95. The van der Waals surface area contributed by atoms with Crippen LogP contribution in [0.2, 0.25) is 0 Å². The van der Waals surface area contributed by atoms with Crippen LogP contribution < -0.4 is 5.32 Å². The number of cyclic esters (lactones) is 1. The highest BCUT2D eigenvalue weighted by atomic mass is 16.6. The van der Waals surface area contributed by atoms with Gasteiger partial charge in [-0.1, -0.05) is 30.3 Å². The Morgan fingerprint density at radius 2 is 1.93 bits per heavy atom. The fourth-order valence-electron chi connectivity index (χ4n) is 3.67. The number of carbonyl (C=O) groups is 3. The van der Waals surface area contributed by atoms with Gasteiger partial charge >= 0.3 is 5.97 Å². The lowest BCUT2D eigenvalue weighted by Crippen LogP contribution is -2.44. The monoisotopic (exact) mass is 364 g/mol. The fourth-order valence-corrected chi connectivity index (χ4v) is 3.67. The largest absolute Gasteiger partial charge is 0.433 e. The Bertz CT molecular complexity index is 953. The van der Waals surface area contributed by atoms with E-state index in [0.29, 0.717) is 17.5 Å². The molecule has 6 nitrogen and oxygen atoms in total. The molecule has 0 radical (unpaired) electrons. The number of hydrogen-bond donors (Lipinski definition) is 1. The first kappa shape index (κ1) is 17.3. The number of aryl methyl sites for hydroxylation is 2. The van der Waals surface area contributed by atoms with Crippen LogP contribution in [0.5, 0.6) is 0 Å². The summed E-state index contributed by atoms with van der Waals surface area (Å²) in [6.07, 6.45) is -0.203. The van der Waals surface area contributed by atoms with E-state index in [2.05, 4.69) is 5.32 Å². The molecule has 2 aliphatic heterocycles. The van der Waals surface area contributed by atoms with E-state index >= 15 is 0 Å². The van der Waals surface area contributed by atoms with Gasteiger partial charge in [0.1, 0.15) is 6.04 Å². The van der Waals surface area contributed by atoms with Gasteiger partial charge in [0.05, 0.1) is 5.56 Å². The number of carbonyl (C=O) groups excluding carboxylic acids is 3. The zero-order valence-electron chi connectivity index (χ0n) is 15.2. The molecule has 2 atom stereocenters. The van der Waals surface area contributed by atoms with Crippen LogP contribution in [0.4, 0.5) is 5.69 Å². The minimum Gasteiger partial charge on any atom is -0.433 e. The topological polar surface area (TPSA) is 75.7 Å². The zero-order valence-corrected chi connectivity index (χ0v) is 15.2. The Kier molecular flexibility index (Phi) is 4.18. The molecule has 0 aromatic heterocycles. The number of nitrogens with one attached hydrogen (secondary N) is 1. The molecule has 2 aliphatic rings. The standard InChI is InChI=1S/C21H20N2O4/c1-12-7-8-13(2)16(11-12)22-19(25)17-9-10-18(24)23(17)20-14-5-3-4-6-15(14)21(26)27-20/h3-8,11,17,20H,9-10H2,1-2H3,(H,22,25)/t17-,20-/m0/s1. The molecule has 1 saturated heterocycles. The number of benzene rings is 2. The molecule has 0 unspecified atom stereocenters. The summed E-state index contributed by atoms with van der Waals surface area (Å²) in [7, 11) is 0. The average Bonchev–Trinajstić information content (AvgIpc) is 3.18.